The topological polar surface area (TPSA) is 95.9 Å². The number of carbonyl (C=O) groups is 2. The molecular weight excluding hydrogens is 312 g/mol. The van der Waals surface area contributed by atoms with Crippen molar-refractivity contribution in [3.63, 3.8) is 0 Å². The maximum Gasteiger partial charge on any atom is 0.185 e. The van der Waals surface area contributed by atoms with Crippen molar-refractivity contribution < 1.29 is 29.3 Å². The zero-order valence-electron chi connectivity index (χ0n) is 12.9. The lowest BCUT2D eigenvalue weighted by Crippen LogP contribution is -2.28. The van der Waals surface area contributed by atoms with Gasteiger partial charge >= 0.3 is 0 Å². The molecule has 0 saturated carbocycles. The number of carboxylic acids is 1. The number of rotatable bonds is 7. The van der Waals surface area contributed by atoms with Gasteiger partial charge in [0.2, 0.25) is 0 Å². The smallest absolute Gasteiger partial charge is 0.185 e. The van der Waals surface area contributed by atoms with E-state index in [0.29, 0.717) is 22.6 Å². The second-order valence-electron chi connectivity index (χ2n) is 4.81. The number of aliphatic carboxylic acids is 1. The highest BCUT2D eigenvalue weighted by Crippen LogP contribution is 2.26. The van der Waals surface area contributed by atoms with Crippen molar-refractivity contribution in [2.24, 2.45) is 0 Å². The summed E-state index contributed by atoms with van der Waals surface area (Å²) in [7, 11) is 1.44. The van der Waals surface area contributed by atoms with E-state index in [1.807, 2.05) is 0 Å². The molecule has 0 saturated heterocycles. The van der Waals surface area contributed by atoms with Gasteiger partial charge in [0, 0.05) is 5.56 Å². The highest BCUT2D eigenvalue weighted by molar-refractivity contribution is 6.06. The Morgan fingerprint density at radius 3 is 2.50 bits per heavy atom. The first-order valence-electron chi connectivity index (χ1n) is 7.01. The summed E-state index contributed by atoms with van der Waals surface area (Å²) in [6.07, 6.45) is 2.99. The number of phenolic OH excluding ortho intramolecular Hbond substituents is 1. The first kappa shape index (κ1) is 17.1. The van der Waals surface area contributed by atoms with E-state index >= 15 is 0 Å². The zero-order chi connectivity index (χ0) is 17.5. The molecule has 0 amide bonds. The van der Waals surface area contributed by atoms with Gasteiger partial charge in [-0.25, -0.2) is 0 Å². The fourth-order valence-electron chi connectivity index (χ4n) is 1.92. The van der Waals surface area contributed by atoms with E-state index in [-0.39, 0.29) is 11.5 Å². The van der Waals surface area contributed by atoms with Crippen LogP contribution in [0.1, 0.15) is 15.9 Å². The maximum absolute atomic E-state index is 12.1. The number of phenols is 1. The Hall–Kier alpha value is -3.28. The minimum absolute atomic E-state index is 0.0214. The van der Waals surface area contributed by atoms with E-state index in [1.165, 1.54) is 43.5 Å². The average molecular weight is 327 g/mol. The van der Waals surface area contributed by atoms with Crippen LogP contribution >= 0.6 is 0 Å². The number of ether oxygens (including phenoxy) is 2. The minimum Gasteiger partial charge on any atom is -0.546 e. The third-order valence-corrected chi connectivity index (χ3v) is 3.13. The van der Waals surface area contributed by atoms with Gasteiger partial charge in [-0.3, -0.25) is 4.79 Å². The molecule has 0 radical (unpaired) electrons. The van der Waals surface area contributed by atoms with Gasteiger partial charge < -0.3 is 24.5 Å². The molecule has 124 valence electrons. The molecule has 0 fully saturated rings. The second kappa shape index (κ2) is 7.82. The molecule has 0 spiro atoms. The quantitative estimate of drug-likeness (QED) is 0.610. The molecule has 0 aliphatic heterocycles. The van der Waals surface area contributed by atoms with E-state index < -0.39 is 12.6 Å². The molecule has 0 aromatic heterocycles. The number of ketones is 1. The van der Waals surface area contributed by atoms with Crippen LogP contribution in [0.25, 0.3) is 6.08 Å². The van der Waals surface area contributed by atoms with Gasteiger partial charge in [-0.2, -0.15) is 0 Å². The second-order valence-corrected chi connectivity index (χ2v) is 4.81. The van der Waals surface area contributed by atoms with Gasteiger partial charge in [0.25, 0.3) is 0 Å². The summed E-state index contributed by atoms with van der Waals surface area (Å²) in [6, 6.07) is 10.8. The van der Waals surface area contributed by atoms with Gasteiger partial charge in [-0.15, -0.1) is 0 Å². The van der Waals surface area contributed by atoms with E-state index in [1.54, 1.807) is 18.2 Å². The van der Waals surface area contributed by atoms with Crippen molar-refractivity contribution in [1.29, 1.82) is 0 Å². The molecule has 0 bridgehead atoms. The summed E-state index contributed by atoms with van der Waals surface area (Å²) in [4.78, 5) is 22.4. The average Bonchev–Trinajstić information content (AvgIpc) is 2.59. The fraction of sp³-hybridized carbons (Fsp3) is 0.111. The third-order valence-electron chi connectivity index (χ3n) is 3.13. The van der Waals surface area contributed by atoms with Crippen molar-refractivity contribution >= 4 is 17.8 Å². The maximum atomic E-state index is 12.1. The van der Waals surface area contributed by atoms with Crippen LogP contribution in [0.15, 0.2) is 48.5 Å². The predicted molar refractivity (Wildman–Crippen MR) is 85.0 cm³/mol. The number of methoxy groups -OCH3 is 1. The van der Waals surface area contributed by atoms with Crippen LogP contribution in [0.3, 0.4) is 0 Å². The summed E-state index contributed by atoms with van der Waals surface area (Å²) in [6.45, 7) is -0.546. The summed E-state index contributed by atoms with van der Waals surface area (Å²) in [5, 5.41) is 19.8. The molecule has 0 aliphatic rings. The normalized spacial score (nSPS) is 10.5. The number of hydrogen-bond acceptors (Lipinski definition) is 6. The van der Waals surface area contributed by atoms with Crippen LogP contribution in [-0.4, -0.2) is 30.6 Å². The summed E-state index contributed by atoms with van der Waals surface area (Å²) in [5.74, 6) is -0.869. The molecular formula is C18H15O6-. The Labute approximate surface area is 138 Å². The van der Waals surface area contributed by atoms with Gasteiger partial charge in [-0.1, -0.05) is 12.1 Å². The summed E-state index contributed by atoms with van der Waals surface area (Å²) < 4.78 is 9.94. The molecule has 24 heavy (non-hydrogen) atoms. The van der Waals surface area contributed by atoms with Crippen molar-refractivity contribution in [3.05, 3.63) is 59.7 Å². The molecule has 0 aliphatic carbocycles. The molecule has 0 heterocycles. The van der Waals surface area contributed by atoms with Gasteiger partial charge in [-0.05, 0) is 48.0 Å². The number of allylic oxidation sites excluding steroid dienone is 1. The van der Waals surface area contributed by atoms with Crippen LogP contribution in [0.2, 0.25) is 0 Å². The van der Waals surface area contributed by atoms with Crippen molar-refractivity contribution in [2.45, 2.75) is 0 Å². The first-order valence-corrected chi connectivity index (χ1v) is 7.01. The summed E-state index contributed by atoms with van der Waals surface area (Å²) >= 11 is 0. The van der Waals surface area contributed by atoms with Crippen LogP contribution < -0.4 is 14.6 Å². The number of carbonyl (C=O) groups excluding carboxylic acids is 2. The minimum atomic E-state index is -1.32. The number of carboxylic acid groups (broad SMARTS) is 1. The van der Waals surface area contributed by atoms with Gasteiger partial charge in [0.15, 0.2) is 17.3 Å². The molecule has 2 aromatic rings. The Kier molecular flexibility index (Phi) is 5.57. The lowest BCUT2D eigenvalue weighted by atomic mass is 10.1. The lowest BCUT2D eigenvalue weighted by Gasteiger charge is -2.06. The Bertz CT molecular complexity index is 762. The van der Waals surface area contributed by atoms with E-state index in [0.717, 1.165) is 0 Å². The molecule has 6 nitrogen and oxygen atoms in total. The number of aromatic hydroxyl groups is 1. The summed E-state index contributed by atoms with van der Waals surface area (Å²) in [5.41, 5.74) is 1.13. The SMILES string of the molecule is COc1cc(/C=C/C(=O)c2ccc(OCC(=O)[O-])cc2)ccc1O. The monoisotopic (exact) mass is 327 g/mol. The Morgan fingerprint density at radius 1 is 1.17 bits per heavy atom. The van der Waals surface area contributed by atoms with Crippen molar-refractivity contribution in [3.8, 4) is 17.2 Å². The molecule has 0 unspecified atom stereocenters. The standard InChI is InChI=1S/C18H16O6/c1-23-17-10-12(3-9-16(17)20)2-8-15(19)13-4-6-14(7-5-13)24-11-18(21)22/h2-10,20H,11H2,1H3,(H,21,22)/p-1/b8-2+. The fourth-order valence-corrected chi connectivity index (χ4v) is 1.92. The highest BCUT2D eigenvalue weighted by atomic mass is 16.5. The number of hydrogen-bond donors (Lipinski definition) is 1. The van der Waals surface area contributed by atoms with Crippen LogP contribution in [0.5, 0.6) is 17.2 Å². The Balaban J connectivity index is 2.05. The molecule has 6 heteroatoms. The van der Waals surface area contributed by atoms with Crippen LogP contribution in [-0.2, 0) is 4.79 Å². The lowest BCUT2D eigenvalue weighted by molar-refractivity contribution is -0.307. The predicted octanol–water partition coefficient (Wildman–Crippen LogP) is 1.43. The Morgan fingerprint density at radius 2 is 1.88 bits per heavy atom. The molecule has 2 rings (SSSR count). The van der Waals surface area contributed by atoms with Crippen molar-refractivity contribution in [2.75, 3.05) is 13.7 Å². The van der Waals surface area contributed by atoms with Gasteiger partial charge in [0.1, 0.15) is 12.4 Å². The van der Waals surface area contributed by atoms with Crippen LogP contribution in [0.4, 0.5) is 0 Å². The van der Waals surface area contributed by atoms with Crippen molar-refractivity contribution in [1.82, 2.24) is 0 Å². The van der Waals surface area contributed by atoms with Crippen LogP contribution in [0, 0.1) is 0 Å². The largest absolute Gasteiger partial charge is 0.546 e. The zero-order valence-corrected chi connectivity index (χ0v) is 12.9. The van der Waals surface area contributed by atoms with E-state index in [2.05, 4.69) is 0 Å². The van der Waals surface area contributed by atoms with E-state index in [9.17, 15) is 19.8 Å². The first-order chi connectivity index (χ1) is 11.5. The molecule has 2 aromatic carbocycles. The van der Waals surface area contributed by atoms with E-state index in [4.69, 9.17) is 9.47 Å². The number of benzene rings is 2. The highest BCUT2D eigenvalue weighted by Gasteiger charge is 2.04. The third kappa shape index (κ3) is 4.61. The van der Waals surface area contributed by atoms with Gasteiger partial charge in [0.05, 0.1) is 13.1 Å². The molecule has 0 atom stereocenters. The molecule has 1 N–H and O–H groups in total.